The molecule has 0 radical (unpaired) electrons. The van der Waals surface area contributed by atoms with Crippen molar-refractivity contribution >= 4 is 57.7 Å². The summed E-state index contributed by atoms with van der Waals surface area (Å²) in [6, 6.07) is 1.76. The zero-order valence-electron chi connectivity index (χ0n) is 10.7. The number of carbonyl (C=O) groups excluding carboxylic acids is 1. The van der Waals surface area contributed by atoms with E-state index in [1.54, 1.807) is 6.07 Å². The molecule has 2 heterocycles. The fraction of sp³-hybridized carbons (Fsp3) is 0.500. The van der Waals surface area contributed by atoms with Gasteiger partial charge in [0, 0.05) is 25.7 Å². The van der Waals surface area contributed by atoms with E-state index in [2.05, 4.69) is 10.2 Å². The summed E-state index contributed by atoms with van der Waals surface area (Å²) in [6.07, 6.45) is 1.76. The summed E-state index contributed by atoms with van der Waals surface area (Å²) < 4.78 is 0.949. The minimum absolute atomic E-state index is 0.153. The Morgan fingerprint density at radius 2 is 2.15 bits per heavy atom. The Balaban J connectivity index is 1.85. The van der Waals surface area contributed by atoms with Crippen molar-refractivity contribution < 1.29 is 4.79 Å². The van der Waals surface area contributed by atoms with Crippen LogP contribution in [0.3, 0.4) is 0 Å². The van der Waals surface area contributed by atoms with Crippen LogP contribution < -0.4 is 11.1 Å². The fourth-order valence-corrected chi connectivity index (χ4v) is 3.85. The van der Waals surface area contributed by atoms with Crippen LogP contribution >= 0.6 is 46.8 Å². The second kappa shape index (κ2) is 7.04. The van der Waals surface area contributed by atoms with Crippen molar-refractivity contribution in [2.45, 2.75) is 18.9 Å². The Bertz CT molecular complexity index is 513. The van der Waals surface area contributed by atoms with Gasteiger partial charge < -0.3 is 11.1 Å². The molecule has 1 aromatic heterocycles. The van der Waals surface area contributed by atoms with Gasteiger partial charge in [-0.25, -0.2) is 0 Å². The highest BCUT2D eigenvalue weighted by molar-refractivity contribution is 7.80. The number of carbonyl (C=O) groups is 1. The number of amides is 1. The predicted octanol–water partition coefficient (Wildman–Crippen LogP) is 2.54. The lowest BCUT2D eigenvalue weighted by atomic mass is 10.0. The van der Waals surface area contributed by atoms with E-state index in [9.17, 15) is 4.79 Å². The fourth-order valence-electron chi connectivity index (χ4n) is 2.21. The van der Waals surface area contributed by atoms with Crippen LogP contribution in [0.2, 0.25) is 8.67 Å². The third kappa shape index (κ3) is 4.30. The van der Waals surface area contributed by atoms with Crippen molar-refractivity contribution in [2.24, 2.45) is 5.73 Å². The van der Waals surface area contributed by atoms with E-state index in [0.717, 1.165) is 25.9 Å². The number of piperidine rings is 1. The maximum atomic E-state index is 12.1. The van der Waals surface area contributed by atoms with Crippen LogP contribution in [-0.2, 0) is 0 Å². The number of hydrogen-bond acceptors (Lipinski definition) is 4. The summed E-state index contributed by atoms with van der Waals surface area (Å²) >= 11 is 17.9. The standard InChI is InChI=1S/C12H15Cl2N3OS2/c13-9-5-8(11(14)20-9)12(18)16-7-1-3-17(4-2-7)6-10(15)19/h5,7H,1-4,6H2,(H2,15,19)(H,16,18). The number of nitrogens with one attached hydrogen (secondary N) is 1. The molecule has 0 aromatic carbocycles. The Morgan fingerprint density at radius 3 is 2.65 bits per heavy atom. The molecular formula is C12H15Cl2N3OS2. The molecule has 1 fully saturated rings. The molecule has 1 saturated heterocycles. The maximum absolute atomic E-state index is 12.1. The van der Waals surface area contributed by atoms with Gasteiger partial charge in [0.1, 0.15) is 4.34 Å². The highest BCUT2D eigenvalue weighted by atomic mass is 35.5. The molecule has 0 saturated carbocycles. The zero-order chi connectivity index (χ0) is 14.7. The second-order valence-corrected chi connectivity index (χ2v) is 7.54. The van der Waals surface area contributed by atoms with Gasteiger partial charge in [-0.05, 0) is 18.9 Å². The van der Waals surface area contributed by atoms with Gasteiger partial charge in [0.05, 0.1) is 14.9 Å². The number of thiocarbonyl (C=S) groups is 1. The molecule has 110 valence electrons. The smallest absolute Gasteiger partial charge is 0.253 e. The summed E-state index contributed by atoms with van der Waals surface area (Å²) in [4.78, 5) is 14.8. The first-order chi connectivity index (χ1) is 9.45. The topological polar surface area (TPSA) is 58.4 Å². The number of halogens is 2. The lowest BCUT2D eigenvalue weighted by molar-refractivity contribution is 0.0915. The monoisotopic (exact) mass is 351 g/mol. The molecule has 0 atom stereocenters. The molecule has 1 aromatic rings. The second-order valence-electron chi connectivity index (χ2n) is 4.73. The van der Waals surface area contributed by atoms with Crippen LogP contribution in [0.1, 0.15) is 23.2 Å². The molecule has 3 N–H and O–H groups in total. The largest absolute Gasteiger partial charge is 0.392 e. The number of likely N-dealkylation sites (tertiary alicyclic amines) is 1. The van der Waals surface area contributed by atoms with Gasteiger partial charge in [0.25, 0.3) is 5.91 Å². The lowest BCUT2D eigenvalue weighted by Crippen LogP contribution is -2.46. The van der Waals surface area contributed by atoms with Crippen molar-refractivity contribution in [3.63, 3.8) is 0 Å². The predicted molar refractivity (Wildman–Crippen MR) is 88.1 cm³/mol. The van der Waals surface area contributed by atoms with Gasteiger partial charge in [-0.3, -0.25) is 9.69 Å². The summed E-state index contributed by atoms with van der Waals surface area (Å²) in [7, 11) is 0. The molecule has 1 aliphatic heterocycles. The van der Waals surface area contributed by atoms with E-state index in [-0.39, 0.29) is 11.9 Å². The third-order valence-electron chi connectivity index (χ3n) is 3.20. The van der Waals surface area contributed by atoms with Crippen LogP contribution in [0, 0.1) is 0 Å². The molecule has 8 heteroatoms. The van der Waals surface area contributed by atoms with Crippen LogP contribution in [-0.4, -0.2) is 41.5 Å². The average molecular weight is 352 g/mol. The van der Waals surface area contributed by atoms with Crippen molar-refractivity contribution in [2.75, 3.05) is 19.6 Å². The van der Waals surface area contributed by atoms with Gasteiger partial charge in [-0.15, -0.1) is 11.3 Å². The molecule has 1 aliphatic rings. The summed E-state index contributed by atoms with van der Waals surface area (Å²) in [5.74, 6) is -0.161. The van der Waals surface area contributed by atoms with Crippen molar-refractivity contribution in [1.82, 2.24) is 10.2 Å². The van der Waals surface area contributed by atoms with E-state index in [1.165, 1.54) is 11.3 Å². The van der Waals surface area contributed by atoms with Crippen LogP contribution in [0.15, 0.2) is 6.07 Å². The summed E-state index contributed by atoms with van der Waals surface area (Å²) in [5, 5.41) is 3.00. The van der Waals surface area contributed by atoms with E-state index in [1.807, 2.05) is 0 Å². The number of nitrogens with two attached hydrogens (primary N) is 1. The lowest BCUT2D eigenvalue weighted by Gasteiger charge is -2.31. The molecular weight excluding hydrogens is 337 g/mol. The first-order valence-electron chi connectivity index (χ1n) is 6.22. The van der Waals surface area contributed by atoms with Crippen molar-refractivity contribution in [1.29, 1.82) is 0 Å². The van der Waals surface area contributed by atoms with Gasteiger partial charge in [-0.1, -0.05) is 35.4 Å². The molecule has 4 nitrogen and oxygen atoms in total. The molecule has 1 amide bonds. The highest BCUT2D eigenvalue weighted by Crippen LogP contribution is 2.31. The van der Waals surface area contributed by atoms with Crippen LogP contribution in [0.25, 0.3) is 0 Å². The van der Waals surface area contributed by atoms with E-state index in [4.69, 9.17) is 41.2 Å². The minimum Gasteiger partial charge on any atom is -0.392 e. The Hall–Kier alpha value is -0.400. The minimum atomic E-state index is -0.161. The van der Waals surface area contributed by atoms with Gasteiger partial charge in [0.2, 0.25) is 0 Å². The quantitative estimate of drug-likeness (QED) is 0.818. The van der Waals surface area contributed by atoms with E-state index in [0.29, 0.717) is 25.8 Å². The zero-order valence-corrected chi connectivity index (χ0v) is 13.8. The third-order valence-corrected chi connectivity index (χ3v) is 4.82. The molecule has 20 heavy (non-hydrogen) atoms. The van der Waals surface area contributed by atoms with E-state index >= 15 is 0 Å². The number of hydrogen-bond donors (Lipinski definition) is 2. The molecule has 0 bridgehead atoms. The molecule has 0 unspecified atom stereocenters. The summed E-state index contributed by atoms with van der Waals surface area (Å²) in [6.45, 7) is 2.39. The number of nitrogens with zero attached hydrogens (tertiary/aromatic N) is 1. The summed E-state index contributed by atoms with van der Waals surface area (Å²) in [5.41, 5.74) is 5.98. The van der Waals surface area contributed by atoms with Crippen molar-refractivity contribution in [3.8, 4) is 0 Å². The van der Waals surface area contributed by atoms with E-state index < -0.39 is 0 Å². The maximum Gasteiger partial charge on any atom is 0.253 e. The normalized spacial score (nSPS) is 17.1. The average Bonchev–Trinajstić information content (AvgIpc) is 2.70. The van der Waals surface area contributed by atoms with Crippen LogP contribution in [0.4, 0.5) is 0 Å². The Labute approximate surface area is 137 Å². The Kier molecular flexibility index (Phi) is 5.63. The van der Waals surface area contributed by atoms with Gasteiger partial charge in [-0.2, -0.15) is 0 Å². The molecule has 0 spiro atoms. The van der Waals surface area contributed by atoms with Crippen molar-refractivity contribution in [3.05, 3.63) is 20.3 Å². The SMILES string of the molecule is NC(=S)CN1CCC(NC(=O)c2cc(Cl)sc2Cl)CC1. The highest BCUT2D eigenvalue weighted by Gasteiger charge is 2.23. The molecule has 0 aliphatic carbocycles. The molecule has 2 rings (SSSR count). The number of thiophene rings is 1. The Morgan fingerprint density at radius 1 is 1.50 bits per heavy atom. The first-order valence-corrected chi connectivity index (χ1v) is 8.20. The van der Waals surface area contributed by atoms with Gasteiger partial charge in [0.15, 0.2) is 0 Å². The first kappa shape index (κ1) is 16.0. The van der Waals surface area contributed by atoms with Gasteiger partial charge >= 0.3 is 0 Å². The number of rotatable bonds is 4. The van der Waals surface area contributed by atoms with Crippen LogP contribution in [0.5, 0.6) is 0 Å².